The molecule has 0 spiro atoms. The molecular formula is C51H105O4P. The van der Waals surface area contributed by atoms with Crippen LogP contribution in [0.2, 0.25) is 0 Å². The van der Waals surface area contributed by atoms with Gasteiger partial charge in [-0.3, -0.25) is 13.6 Å². The van der Waals surface area contributed by atoms with E-state index in [1.807, 2.05) is 0 Å². The Hall–Kier alpha value is 0.110. The SMILES string of the molecule is CCCCCCCCCCCCCCCCCOP(=O)(OCCCCCCCCCCCCCCCCC)OCCCCCCCCCCCCCCCCC. The Labute approximate surface area is 354 Å². The van der Waals surface area contributed by atoms with Crippen LogP contribution in [0.15, 0.2) is 0 Å². The Bertz CT molecular complexity index is 650. The monoisotopic (exact) mass is 813 g/mol. The highest BCUT2D eigenvalue weighted by Gasteiger charge is 2.26. The van der Waals surface area contributed by atoms with Crippen molar-refractivity contribution >= 4 is 7.82 Å². The fourth-order valence-electron chi connectivity index (χ4n) is 8.06. The molecule has 0 unspecified atom stereocenters. The van der Waals surface area contributed by atoms with Gasteiger partial charge in [-0.15, -0.1) is 0 Å². The number of hydrogen-bond donors (Lipinski definition) is 0. The van der Waals surface area contributed by atoms with E-state index >= 15 is 0 Å². The quantitative estimate of drug-likeness (QED) is 0.0453. The molecule has 0 bridgehead atoms. The third kappa shape index (κ3) is 46.8. The van der Waals surface area contributed by atoms with E-state index < -0.39 is 7.82 Å². The Balaban J connectivity index is 4.08. The van der Waals surface area contributed by atoms with Gasteiger partial charge in [-0.1, -0.05) is 290 Å². The van der Waals surface area contributed by atoms with Gasteiger partial charge in [0.1, 0.15) is 0 Å². The number of hydrogen-bond acceptors (Lipinski definition) is 4. The first-order valence-electron chi connectivity index (χ1n) is 26.2. The average Bonchev–Trinajstić information content (AvgIpc) is 3.20. The summed E-state index contributed by atoms with van der Waals surface area (Å²) >= 11 is 0. The summed E-state index contributed by atoms with van der Waals surface area (Å²) in [5, 5.41) is 0. The topological polar surface area (TPSA) is 44.8 Å². The first-order chi connectivity index (χ1) is 27.7. The summed E-state index contributed by atoms with van der Waals surface area (Å²) in [5.74, 6) is 0. The van der Waals surface area contributed by atoms with Gasteiger partial charge in [-0.2, -0.15) is 0 Å². The van der Waals surface area contributed by atoms with Gasteiger partial charge in [0, 0.05) is 0 Å². The largest absolute Gasteiger partial charge is 0.474 e. The fourth-order valence-corrected chi connectivity index (χ4v) is 9.34. The Morgan fingerprint density at radius 2 is 0.339 bits per heavy atom. The van der Waals surface area contributed by atoms with Crippen LogP contribution in [-0.4, -0.2) is 19.8 Å². The zero-order chi connectivity index (χ0) is 40.6. The second-order valence-corrected chi connectivity index (χ2v) is 19.5. The van der Waals surface area contributed by atoms with Crippen molar-refractivity contribution in [3.8, 4) is 0 Å². The molecule has 4 nitrogen and oxygen atoms in total. The molecular weight excluding hydrogens is 708 g/mol. The predicted molar refractivity (Wildman–Crippen MR) is 250 cm³/mol. The van der Waals surface area contributed by atoms with Crippen molar-refractivity contribution < 1.29 is 18.1 Å². The van der Waals surface area contributed by atoms with Crippen molar-refractivity contribution in [1.82, 2.24) is 0 Å². The summed E-state index contributed by atoms with van der Waals surface area (Å²) < 4.78 is 31.3. The first-order valence-corrected chi connectivity index (χ1v) is 27.7. The molecule has 0 amide bonds. The van der Waals surface area contributed by atoms with Gasteiger partial charge < -0.3 is 0 Å². The van der Waals surface area contributed by atoms with E-state index in [-0.39, 0.29) is 0 Å². The molecule has 0 saturated heterocycles. The van der Waals surface area contributed by atoms with Crippen LogP contribution in [-0.2, 0) is 18.1 Å². The molecule has 0 aliphatic rings. The van der Waals surface area contributed by atoms with Crippen LogP contribution in [0, 0.1) is 0 Å². The molecule has 0 radical (unpaired) electrons. The van der Waals surface area contributed by atoms with E-state index in [9.17, 15) is 4.57 Å². The lowest BCUT2D eigenvalue weighted by Crippen LogP contribution is -2.04. The zero-order valence-electron chi connectivity index (χ0n) is 39.0. The molecule has 0 saturated carbocycles. The van der Waals surface area contributed by atoms with E-state index in [1.54, 1.807) is 0 Å². The number of phosphoric acid groups is 1. The molecule has 338 valence electrons. The van der Waals surface area contributed by atoms with Crippen molar-refractivity contribution in [2.75, 3.05) is 19.8 Å². The second-order valence-electron chi connectivity index (χ2n) is 17.8. The van der Waals surface area contributed by atoms with Gasteiger partial charge in [0.05, 0.1) is 19.8 Å². The molecule has 0 aromatic heterocycles. The summed E-state index contributed by atoms with van der Waals surface area (Å²) in [6, 6.07) is 0. The van der Waals surface area contributed by atoms with Crippen LogP contribution in [0.3, 0.4) is 0 Å². The highest BCUT2D eigenvalue weighted by molar-refractivity contribution is 7.48. The molecule has 0 aromatic rings. The Morgan fingerprint density at radius 1 is 0.214 bits per heavy atom. The fraction of sp³-hybridized carbons (Fsp3) is 1.00. The molecule has 56 heavy (non-hydrogen) atoms. The smallest absolute Gasteiger partial charge is 0.287 e. The molecule has 0 fully saturated rings. The minimum atomic E-state index is -3.48. The summed E-state index contributed by atoms with van der Waals surface area (Å²) in [7, 11) is -3.48. The minimum Gasteiger partial charge on any atom is -0.287 e. The van der Waals surface area contributed by atoms with Crippen LogP contribution >= 0.6 is 7.82 Å². The molecule has 5 heteroatoms. The second kappa shape index (κ2) is 49.5. The van der Waals surface area contributed by atoms with E-state index in [4.69, 9.17) is 13.6 Å². The average molecular weight is 813 g/mol. The van der Waals surface area contributed by atoms with Crippen molar-refractivity contribution in [1.29, 1.82) is 0 Å². The van der Waals surface area contributed by atoms with Gasteiger partial charge in [-0.05, 0) is 19.3 Å². The minimum absolute atomic E-state index is 0.479. The molecule has 0 atom stereocenters. The molecule has 0 N–H and O–H groups in total. The van der Waals surface area contributed by atoms with Crippen molar-refractivity contribution in [2.24, 2.45) is 0 Å². The van der Waals surface area contributed by atoms with Crippen molar-refractivity contribution in [3.05, 3.63) is 0 Å². The maximum atomic E-state index is 13.6. The number of unbranched alkanes of at least 4 members (excludes halogenated alkanes) is 42. The summed E-state index contributed by atoms with van der Waals surface area (Å²) in [6.07, 6.45) is 60.2. The maximum absolute atomic E-state index is 13.6. The summed E-state index contributed by atoms with van der Waals surface area (Å²) in [6.45, 7) is 8.32. The Morgan fingerprint density at radius 3 is 0.482 bits per heavy atom. The van der Waals surface area contributed by atoms with Gasteiger partial charge >= 0.3 is 7.82 Å². The molecule has 0 rings (SSSR count). The van der Waals surface area contributed by atoms with Crippen LogP contribution < -0.4 is 0 Å². The summed E-state index contributed by atoms with van der Waals surface area (Å²) in [5.41, 5.74) is 0. The third-order valence-corrected chi connectivity index (χ3v) is 13.5. The van der Waals surface area contributed by atoms with Gasteiger partial charge in [0.15, 0.2) is 0 Å². The molecule has 0 heterocycles. The molecule has 0 aromatic carbocycles. The maximum Gasteiger partial charge on any atom is 0.474 e. The normalized spacial score (nSPS) is 12.0. The predicted octanol–water partition coefficient (Wildman–Crippen LogP) is 19.8. The van der Waals surface area contributed by atoms with Crippen LogP contribution in [0.4, 0.5) is 0 Å². The van der Waals surface area contributed by atoms with Crippen molar-refractivity contribution in [3.63, 3.8) is 0 Å². The lowest BCUT2D eigenvalue weighted by Gasteiger charge is -2.18. The number of phosphoric ester groups is 1. The van der Waals surface area contributed by atoms with Crippen LogP contribution in [0.25, 0.3) is 0 Å². The van der Waals surface area contributed by atoms with Crippen LogP contribution in [0.1, 0.15) is 310 Å². The molecule has 0 aliphatic heterocycles. The third-order valence-electron chi connectivity index (χ3n) is 12.0. The van der Waals surface area contributed by atoms with Crippen LogP contribution in [0.5, 0.6) is 0 Å². The van der Waals surface area contributed by atoms with E-state index in [1.165, 1.54) is 250 Å². The van der Waals surface area contributed by atoms with Gasteiger partial charge in [-0.25, -0.2) is 4.57 Å². The molecule has 0 aliphatic carbocycles. The Kier molecular flexibility index (Phi) is 49.6. The van der Waals surface area contributed by atoms with Gasteiger partial charge in [0.25, 0.3) is 0 Å². The zero-order valence-corrected chi connectivity index (χ0v) is 39.9. The highest BCUT2D eigenvalue weighted by atomic mass is 31.2. The summed E-state index contributed by atoms with van der Waals surface area (Å²) in [4.78, 5) is 0. The standard InChI is InChI=1S/C51H105O4P/c1-4-7-10-13-16-19-22-25-28-31-34-37-40-43-46-49-53-56(52,54-50-47-44-41-38-35-32-29-26-23-20-17-14-11-8-5-2)55-51-48-45-42-39-36-33-30-27-24-21-18-15-12-9-6-3/h4-51H2,1-3H3. The van der Waals surface area contributed by atoms with E-state index in [2.05, 4.69) is 20.8 Å². The van der Waals surface area contributed by atoms with E-state index in [0.29, 0.717) is 19.8 Å². The van der Waals surface area contributed by atoms with E-state index in [0.717, 1.165) is 38.5 Å². The lowest BCUT2D eigenvalue weighted by molar-refractivity contribution is 0.108. The van der Waals surface area contributed by atoms with Gasteiger partial charge in [0.2, 0.25) is 0 Å². The lowest BCUT2D eigenvalue weighted by atomic mass is 10.0. The van der Waals surface area contributed by atoms with Crippen molar-refractivity contribution in [2.45, 2.75) is 310 Å². The first kappa shape index (κ1) is 56.1. The highest BCUT2D eigenvalue weighted by Crippen LogP contribution is 2.50. The number of rotatable bonds is 51.